The van der Waals surface area contributed by atoms with Gasteiger partial charge in [-0.2, -0.15) is 0 Å². The van der Waals surface area contributed by atoms with Gasteiger partial charge < -0.3 is 5.73 Å². The lowest BCUT2D eigenvalue weighted by molar-refractivity contribution is 0.359. The van der Waals surface area contributed by atoms with Crippen LogP contribution in [0.1, 0.15) is 45.1 Å². The number of rotatable bonds is 7. The van der Waals surface area contributed by atoms with Crippen molar-refractivity contribution in [2.24, 2.45) is 11.7 Å². The third-order valence-electron chi connectivity index (χ3n) is 3.41. The van der Waals surface area contributed by atoms with Gasteiger partial charge in [-0.15, -0.1) is 0 Å². The topological polar surface area (TPSA) is 26.0 Å². The molecule has 102 valence electrons. The maximum Gasteiger partial charge on any atom is 0.137 e. The minimum Gasteiger partial charge on any atom is -0.327 e. The summed E-state index contributed by atoms with van der Waals surface area (Å²) in [7, 11) is 0. The molecule has 0 radical (unpaired) electrons. The van der Waals surface area contributed by atoms with E-state index in [4.69, 9.17) is 5.73 Å². The van der Waals surface area contributed by atoms with Crippen LogP contribution < -0.4 is 5.73 Å². The van der Waals surface area contributed by atoms with E-state index in [-0.39, 0.29) is 11.9 Å². The van der Waals surface area contributed by atoms with Crippen LogP contribution >= 0.6 is 15.9 Å². The highest BCUT2D eigenvalue weighted by molar-refractivity contribution is 9.10. The third kappa shape index (κ3) is 4.36. The monoisotopic (exact) mass is 315 g/mol. The molecule has 1 atom stereocenters. The Morgan fingerprint density at radius 1 is 1.22 bits per heavy atom. The predicted octanol–water partition coefficient (Wildman–Crippen LogP) is 4.67. The Kier molecular flexibility index (Phi) is 6.87. The van der Waals surface area contributed by atoms with Crippen molar-refractivity contribution >= 4 is 15.9 Å². The Bertz CT molecular complexity index is 362. The zero-order valence-corrected chi connectivity index (χ0v) is 12.8. The maximum absolute atomic E-state index is 13.4. The van der Waals surface area contributed by atoms with E-state index >= 15 is 0 Å². The van der Waals surface area contributed by atoms with Gasteiger partial charge >= 0.3 is 0 Å². The molecule has 0 spiro atoms. The molecule has 0 fully saturated rings. The molecule has 0 saturated heterocycles. The summed E-state index contributed by atoms with van der Waals surface area (Å²) in [6.45, 7) is 4.38. The number of hydrogen-bond acceptors (Lipinski definition) is 1. The van der Waals surface area contributed by atoms with Gasteiger partial charge in [0, 0.05) is 6.04 Å². The van der Waals surface area contributed by atoms with Gasteiger partial charge in [0.15, 0.2) is 0 Å². The highest BCUT2D eigenvalue weighted by atomic mass is 79.9. The third-order valence-corrected chi connectivity index (χ3v) is 4.30. The molecule has 0 amide bonds. The van der Waals surface area contributed by atoms with Gasteiger partial charge in [-0.3, -0.25) is 0 Å². The largest absolute Gasteiger partial charge is 0.327 e. The second-order valence-electron chi connectivity index (χ2n) is 4.92. The van der Waals surface area contributed by atoms with E-state index in [0.717, 1.165) is 37.7 Å². The van der Waals surface area contributed by atoms with E-state index in [9.17, 15) is 4.39 Å². The molecule has 1 unspecified atom stereocenters. The molecular formula is C15H23BrFN. The van der Waals surface area contributed by atoms with Crippen LogP contribution in [-0.2, 0) is 6.42 Å². The van der Waals surface area contributed by atoms with Gasteiger partial charge in [0.25, 0.3) is 0 Å². The average Bonchev–Trinajstić information content (AvgIpc) is 2.34. The lowest BCUT2D eigenvalue weighted by Gasteiger charge is -2.23. The summed E-state index contributed by atoms with van der Waals surface area (Å²) in [6, 6.07) is 5.27. The van der Waals surface area contributed by atoms with Crippen molar-refractivity contribution in [3.63, 3.8) is 0 Å². The molecule has 1 nitrogen and oxygen atoms in total. The first-order valence-electron chi connectivity index (χ1n) is 6.78. The standard InChI is InChI=1S/C15H23BrFN/c1-3-6-11(7-4-2)14(18)10-12-8-5-9-13(17)15(12)16/h5,8-9,11,14H,3-4,6-7,10,18H2,1-2H3. The van der Waals surface area contributed by atoms with Gasteiger partial charge in [0.05, 0.1) is 4.47 Å². The molecule has 2 N–H and O–H groups in total. The number of halogens is 2. The normalized spacial score (nSPS) is 13.0. The molecule has 0 aliphatic rings. The molecule has 3 heteroatoms. The molecule has 0 saturated carbocycles. The van der Waals surface area contributed by atoms with Crippen LogP contribution in [0, 0.1) is 11.7 Å². The first-order chi connectivity index (χ1) is 8.60. The Morgan fingerprint density at radius 2 is 1.83 bits per heavy atom. The van der Waals surface area contributed by atoms with Crippen LogP contribution in [0.25, 0.3) is 0 Å². The number of nitrogens with two attached hydrogens (primary N) is 1. The fourth-order valence-corrected chi connectivity index (χ4v) is 2.87. The lowest BCUT2D eigenvalue weighted by atomic mass is 9.87. The van der Waals surface area contributed by atoms with Crippen LogP contribution in [0.3, 0.4) is 0 Å². The molecule has 0 aliphatic heterocycles. The summed E-state index contributed by atoms with van der Waals surface area (Å²) >= 11 is 3.31. The van der Waals surface area contributed by atoms with Crippen molar-refractivity contribution in [2.75, 3.05) is 0 Å². The Hall–Kier alpha value is -0.410. The molecule has 0 aromatic heterocycles. The Morgan fingerprint density at radius 3 is 2.39 bits per heavy atom. The Labute approximate surface area is 118 Å². The van der Waals surface area contributed by atoms with Crippen LogP contribution in [0.15, 0.2) is 22.7 Å². The summed E-state index contributed by atoms with van der Waals surface area (Å²) in [6.07, 6.45) is 5.36. The van der Waals surface area contributed by atoms with Crippen molar-refractivity contribution in [1.29, 1.82) is 0 Å². The molecule has 0 bridgehead atoms. The van der Waals surface area contributed by atoms with Crippen LogP contribution in [-0.4, -0.2) is 6.04 Å². The van der Waals surface area contributed by atoms with Crippen molar-refractivity contribution in [3.05, 3.63) is 34.1 Å². The first kappa shape index (κ1) is 15.6. The van der Waals surface area contributed by atoms with E-state index in [0.29, 0.717) is 10.4 Å². The van der Waals surface area contributed by atoms with Gasteiger partial charge in [0.2, 0.25) is 0 Å². The molecular weight excluding hydrogens is 293 g/mol. The van der Waals surface area contributed by atoms with Gasteiger partial charge in [-0.05, 0) is 52.7 Å². The average molecular weight is 316 g/mol. The van der Waals surface area contributed by atoms with Gasteiger partial charge in [-0.1, -0.05) is 38.8 Å². The van der Waals surface area contributed by atoms with E-state index < -0.39 is 0 Å². The fraction of sp³-hybridized carbons (Fsp3) is 0.600. The fourth-order valence-electron chi connectivity index (χ4n) is 2.44. The van der Waals surface area contributed by atoms with E-state index in [2.05, 4.69) is 29.8 Å². The summed E-state index contributed by atoms with van der Waals surface area (Å²) in [5, 5.41) is 0. The summed E-state index contributed by atoms with van der Waals surface area (Å²) < 4.78 is 14.0. The summed E-state index contributed by atoms with van der Waals surface area (Å²) in [4.78, 5) is 0. The highest BCUT2D eigenvalue weighted by Crippen LogP contribution is 2.25. The van der Waals surface area contributed by atoms with Crippen molar-refractivity contribution in [1.82, 2.24) is 0 Å². The zero-order valence-electron chi connectivity index (χ0n) is 11.3. The Balaban J connectivity index is 2.72. The molecule has 1 aromatic carbocycles. The smallest absolute Gasteiger partial charge is 0.137 e. The molecule has 0 aliphatic carbocycles. The molecule has 1 rings (SSSR count). The van der Waals surface area contributed by atoms with E-state index in [1.165, 1.54) is 6.07 Å². The molecule has 0 heterocycles. The number of hydrogen-bond donors (Lipinski definition) is 1. The van der Waals surface area contributed by atoms with Crippen LogP contribution in [0.2, 0.25) is 0 Å². The highest BCUT2D eigenvalue weighted by Gasteiger charge is 2.18. The van der Waals surface area contributed by atoms with E-state index in [1.807, 2.05) is 6.07 Å². The molecule has 18 heavy (non-hydrogen) atoms. The quantitative estimate of drug-likeness (QED) is 0.777. The van der Waals surface area contributed by atoms with Gasteiger partial charge in [0.1, 0.15) is 5.82 Å². The van der Waals surface area contributed by atoms with Gasteiger partial charge in [-0.25, -0.2) is 4.39 Å². The van der Waals surface area contributed by atoms with E-state index in [1.54, 1.807) is 6.07 Å². The predicted molar refractivity (Wildman–Crippen MR) is 79.1 cm³/mol. The number of benzene rings is 1. The minimum absolute atomic E-state index is 0.114. The second kappa shape index (κ2) is 7.90. The zero-order chi connectivity index (χ0) is 13.5. The van der Waals surface area contributed by atoms with Crippen LogP contribution in [0.4, 0.5) is 4.39 Å². The SMILES string of the molecule is CCCC(CCC)C(N)Cc1cccc(F)c1Br. The summed E-state index contributed by atoms with van der Waals surface area (Å²) in [5.41, 5.74) is 7.27. The second-order valence-corrected chi connectivity index (χ2v) is 5.71. The summed E-state index contributed by atoms with van der Waals surface area (Å²) in [5.74, 6) is 0.331. The molecule has 1 aromatic rings. The minimum atomic E-state index is -0.206. The van der Waals surface area contributed by atoms with Crippen molar-refractivity contribution < 1.29 is 4.39 Å². The van der Waals surface area contributed by atoms with Crippen molar-refractivity contribution in [3.8, 4) is 0 Å². The first-order valence-corrected chi connectivity index (χ1v) is 7.57. The maximum atomic E-state index is 13.4. The van der Waals surface area contributed by atoms with Crippen molar-refractivity contribution in [2.45, 2.75) is 52.0 Å². The van der Waals surface area contributed by atoms with Crippen LogP contribution in [0.5, 0.6) is 0 Å². The lowest BCUT2D eigenvalue weighted by Crippen LogP contribution is -2.32.